The average Bonchev–Trinajstić information content (AvgIpc) is 3.10. The lowest BCUT2D eigenvalue weighted by molar-refractivity contribution is -0.137. The van der Waals surface area contributed by atoms with Gasteiger partial charge in [-0.25, -0.2) is 4.79 Å². The van der Waals surface area contributed by atoms with Crippen LogP contribution in [0.3, 0.4) is 0 Å². The molecule has 0 saturated carbocycles. The van der Waals surface area contributed by atoms with Crippen LogP contribution in [0.5, 0.6) is 0 Å². The number of alkyl carbamates (subject to hydrolysis) is 1. The van der Waals surface area contributed by atoms with E-state index < -0.39 is 17.6 Å². The molecule has 0 bridgehead atoms. The second kappa shape index (κ2) is 10.3. The van der Waals surface area contributed by atoms with Gasteiger partial charge in [0.25, 0.3) is 0 Å². The average molecular weight is 451 g/mol. The minimum atomic E-state index is -0.906. The molecule has 0 fully saturated rings. The number of fused-ring (bicyclic) bond motifs is 3. The number of aliphatic carboxylic acids is 1. The van der Waals surface area contributed by atoms with Crippen molar-refractivity contribution in [2.45, 2.75) is 45.1 Å². The van der Waals surface area contributed by atoms with E-state index in [0.717, 1.165) is 22.3 Å². The van der Waals surface area contributed by atoms with Gasteiger partial charge in [0, 0.05) is 30.0 Å². The van der Waals surface area contributed by atoms with E-state index in [-0.39, 0.29) is 31.4 Å². The molecular weight excluding hydrogens is 420 g/mol. The Bertz CT molecular complexity index is 1030. The van der Waals surface area contributed by atoms with E-state index in [4.69, 9.17) is 9.84 Å². The fourth-order valence-electron chi connectivity index (χ4n) is 3.92. The van der Waals surface area contributed by atoms with Gasteiger partial charge in [0.05, 0.1) is 0 Å². The third kappa shape index (κ3) is 6.22. The van der Waals surface area contributed by atoms with E-state index in [1.54, 1.807) is 26.8 Å². The molecule has 0 aliphatic heterocycles. The first-order valence-electron chi connectivity index (χ1n) is 11.0. The van der Waals surface area contributed by atoms with Crippen molar-refractivity contribution >= 4 is 18.0 Å². The summed E-state index contributed by atoms with van der Waals surface area (Å²) in [7, 11) is 0. The van der Waals surface area contributed by atoms with Crippen LogP contribution in [0.25, 0.3) is 11.1 Å². The van der Waals surface area contributed by atoms with Crippen LogP contribution in [0.2, 0.25) is 0 Å². The first-order chi connectivity index (χ1) is 15.7. The minimum absolute atomic E-state index is 0.0146. The molecule has 0 unspecified atom stereocenters. The Hall–Kier alpha value is -3.61. The van der Waals surface area contributed by atoms with Crippen molar-refractivity contribution in [3.8, 4) is 11.1 Å². The highest BCUT2D eigenvalue weighted by Gasteiger charge is 2.29. The first kappa shape index (κ1) is 24.0. The molecule has 0 radical (unpaired) electrons. The lowest BCUT2D eigenvalue weighted by Crippen LogP contribution is -2.44. The molecule has 3 rings (SSSR count). The molecule has 33 heavy (non-hydrogen) atoms. The topological polar surface area (TPSA) is 105 Å². The van der Waals surface area contributed by atoms with Gasteiger partial charge >= 0.3 is 12.1 Å². The molecule has 0 saturated heterocycles. The fourth-order valence-corrected chi connectivity index (χ4v) is 3.92. The van der Waals surface area contributed by atoms with E-state index in [1.165, 1.54) is 0 Å². The van der Waals surface area contributed by atoms with Crippen molar-refractivity contribution in [3.63, 3.8) is 0 Å². The Morgan fingerprint density at radius 2 is 1.61 bits per heavy atom. The summed E-state index contributed by atoms with van der Waals surface area (Å²) in [5, 5.41) is 14.3. The predicted octanol–water partition coefficient (Wildman–Crippen LogP) is 4.23. The summed E-state index contributed by atoms with van der Waals surface area (Å²) in [6, 6.07) is 16.3. The highest BCUT2D eigenvalue weighted by molar-refractivity contribution is 5.93. The van der Waals surface area contributed by atoms with Crippen LogP contribution in [-0.2, 0) is 14.3 Å². The van der Waals surface area contributed by atoms with Gasteiger partial charge in [0.2, 0.25) is 5.91 Å². The first-order valence-corrected chi connectivity index (χ1v) is 11.0. The minimum Gasteiger partial charge on any atom is -0.481 e. The number of amides is 2. The smallest absolute Gasteiger partial charge is 0.407 e. The highest BCUT2D eigenvalue weighted by Crippen LogP contribution is 2.44. The summed E-state index contributed by atoms with van der Waals surface area (Å²) in [4.78, 5) is 35.3. The molecule has 3 N–H and O–H groups in total. The molecule has 174 valence electrons. The second-order valence-corrected chi connectivity index (χ2v) is 8.83. The van der Waals surface area contributed by atoms with E-state index in [2.05, 4.69) is 34.9 Å². The number of hydrogen-bond acceptors (Lipinski definition) is 4. The molecule has 0 aromatic heterocycles. The molecule has 0 atom stereocenters. The van der Waals surface area contributed by atoms with Gasteiger partial charge in [-0.2, -0.15) is 0 Å². The number of ether oxygens (including phenoxy) is 1. The van der Waals surface area contributed by atoms with Gasteiger partial charge in [0.15, 0.2) is 0 Å². The van der Waals surface area contributed by atoms with Crippen LogP contribution < -0.4 is 10.6 Å². The Morgan fingerprint density at radius 1 is 1.03 bits per heavy atom. The van der Waals surface area contributed by atoms with Crippen molar-refractivity contribution in [1.29, 1.82) is 0 Å². The maximum Gasteiger partial charge on any atom is 0.407 e. The van der Waals surface area contributed by atoms with E-state index in [9.17, 15) is 14.4 Å². The summed E-state index contributed by atoms with van der Waals surface area (Å²) in [5.41, 5.74) is 4.40. The van der Waals surface area contributed by atoms with Crippen molar-refractivity contribution in [2.75, 3.05) is 13.2 Å². The Morgan fingerprint density at radius 3 is 2.18 bits per heavy atom. The van der Waals surface area contributed by atoms with Crippen LogP contribution in [0.1, 0.15) is 50.7 Å². The predicted molar refractivity (Wildman–Crippen MR) is 126 cm³/mol. The zero-order valence-corrected chi connectivity index (χ0v) is 19.2. The summed E-state index contributed by atoms with van der Waals surface area (Å²) in [6.07, 6.45) is 1.34. The van der Waals surface area contributed by atoms with Crippen molar-refractivity contribution in [3.05, 3.63) is 71.3 Å². The molecule has 0 heterocycles. The van der Waals surface area contributed by atoms with Crippen molar-refractivity contribution in [2.24, 2.45) is 0 Å². The summed E-state index contributed by atoms with van der Waals surface area (Å²) in [5.74, 6) is -1.23. The lowest BCUT2D eigenvalue weighted by Gasteiger charge is -2.25. The Kier molecular flexibility index (Phi) is 7.53. The van der Waals surface area contributed by atoms with E-state index in [0.29, 0.717) is 12.0 Å². The molecule has 1 aliphatic carbocycles. The summed E-state index contributed by atoms with van der Waals surface area (Å²) >= 11 is 0. The number of carboxylic acid groups (broad SMARTS) is 1. The molecule has 7 nitrogen and oxygen atoms in total. The lowest BCUT2D eigenvalue weighted by atomic mass is 9.98. The van der Waals surface area contributed by atoms with Gasteiger partial charge in [-0.05, 0) is 49.4 Å². The zero-order valence-electron chi connectivity index (χ0n) is 19.2. The van der Waals surface area contributed by atoms with Crippen LogP contribution >= 0.6 is 0 Å². The number of carbonyl (C=O) groups excluding carboxylic acids is 2. The maximum atomic E-state index is 12.3. The molecule has 2 amide bonds. The fraction of sp³-hybridized carbons (Fsp3) is 0.346. The van der Waals surface area contributed by atoms with E-state index in [1.807, 2.05) is 24.3 Å². The summed E-state index contributed by atoms with van der Waals surface area (Å²) < 4.78 is 5.48. The second-order valence-electron chi connectivity index (χ2n) is 8.83. The van der Waals surface area contributed by atoms with Gasteiger partial charge < -0.3 is 20.5 Å². The normalized spacial score (nSPS) is 13.1. The number of nitrogens with one attached hydrogen (secondary N) is 2. The van der Waals surface area contributed by atoms with Crippen LogP contribution in [0, 0.1) is 0 Å². The van der Waals surface area contributed by atoms with Crippen molar-refractivity contribution < 1.29 is 24.2 Å². The third-order valence-corrected chi connectivity index (χ3v) is 5.77. The number of carbonyl (C=O) groups is 3. The van der Waals surface area contributed by atoms with Crippen molar-refractivity contribution in [1.82, 2.24) is 10.6 Å². The maximum absolute atomic E-state index is 12.3. The van der Waals surface area contributed by atoms with Gasteiger partial charge in [-0.15, -0.1) is 0 Å². The van der Waals surface area contributed by atoms with Crippen LogP contribution in [-0.4, -0.2) is 41.8 Å². The Balaban J connectivity index is 1.49. The number of rotatable bonds is 9. The molecule has 0 spiro atoms. The molecule has 7 heteroatoms. The monoisotopic (exact) mass is 450 g/mol. The van der Waals surface area contributed by atoms with Gasteiger partial charge in [-0.3, -0.25) is 9.59 Å². The number of carboxylic acids is 1. The van der Waals surface area contributed by atoms with Crippen LogP contribution in [0.4, 0.5) is 4.79 Å². The largest absolute Gasteiger partial charge is 0.481 e. The molecule has 1 aliphatic rings. The zero-order chi connectivity index (χ0) is 24.0. The standard InChI is InChI=1S/C26H30N2O5/c1-17(24(31)28-26(2,3)14-12-23(29)30)13-15-27-25(32)33-16-22-20-10-6-4-8-18(20)19-9-5-7-11-21(19)22/h4-11,13,22H,12,14-16H2,1-3H3,(H,27,32)(H,28,31)(H,29,30)/b17-13+. The third-order valence-electron chi connectivity index (χ3n) is 5.77. The number of benzene rings is 2. The van der Waals surface area contributed by atoms with Crippen LogP contribution in [0.15, 0.2) is 60.2 Å². The molecule has 2 aromatic rings. The van der Waals surface area contributed by atoms with E-state index >= 15 is 0 Å². The van der Waals surface area contributed by atoms with Gasteiger partial charge in [0.1, 0.15) is 6.61 Å². The molecular formula is C26H30N2O5. The SMILES string of the molecule is C/C(=C\CNC(=O)OCC1c2ccccc2-c2ccccc21)C(=O)NC(C)(C)CCC(=O)O. The Labute approximate surface area is 193 Å². The van der Waals surface area contributed by atoms with Gasteiger partial charge in [-0.1, -0.05) is 54.6 Å². The highest BCUT2D eigenvalue weighted by atomic mass is 16.5. The number of hydrogen-bond donors (Lipinski definition) is 3. The quantitative estimate of drug-likeness (QED) is 0.496. The summed E-state index contributed by atoms with van der Waals surface area (Å²) in [6.45, 7) is 5.56. The molecule has 2 aromatic carbocycles.